The topological polar surface area (TPSA) is 132 Å². The second-order valence-electron chi connectivity index (χ2n) is 7.85. The number of nitrogens with one attached hydrogen (secondary N) is 3. The van der Waals surface area contributed by atoms with Gasteiger partial charge in [0.1, 0.15) is 24.1 Å². The summed E-state index contributed by atoms with van der Waals surface area (Å²) in [5, 5.41) is 8.39. The van der Waals surface area contributed by atoms with Crippen molar-refractivity contribution >= 4 is 23.7 Å². The molecule has 10 nitrogen and oxygen atoms in total. The van der Waals surface area contributed by atoms with Crippen LogP contribution >= 0.6 is 0 Å². The van der Waals surface area contributed by atoms with Gasteiger partial charge in [-0.1, -0.05) is 0 Å². The first-order valence-electron chi connectivity index (χ1n) is 11.3. The molecule has 3 rings (SSSR count). The second-order valence-corrected chi connectivity index (χ2v) is 7.85. The Morgan fingerprint density at radius 2 is 1.71 bits per heavy atom. The SMILES string of the molecule is COC(=O)c1ccc(C(=O)N[C@H]2CCCCNC(=O)c3ccc(OC)cc3OCCNC2=O)cc1. The number of fused-ring (bicyclic) bond motifs is 1. The van der Waals surface area contributed by atoms with Gasteiger partial charge < -0.3 is 30.2 Å². The van der Waals surface area contributed by atoms with E-state index in [0.717, 1.165) is 0 Å². The molecule has 1 aliphatic heterocycles. The highest BCUT2D eigenvalue weighted by atomic mass is 16.5. The van der Waals surface area contributed by atoms with E-state index in [9.17, 15) is 19.2 Å². The monoisotopic (exact) mass is 483 g/mol. The largest absolute Gasteiger partial charge is 0.497 e. The summed E-state index contributed by atoms with van der Waals surface area (Å²) in [6.45, 7) is 0.702. The van der Waals surface area contributed by atoms with E-state index >= 15 is 0 Å². The molecule has 0 spiro atoms. The Hall–Kier alpha value is -4.08. The van der Waals surface area contributed by atoms with E-state index in [1.165, 1.54) is 38.5 Å². The molecule has 0 fully saturated rings. The van der Waals surface area contributed by atoms with E-state index in [1.54, 1.807) is 18.2 Å². The zero-order valence-corrected chi connectivity index (χ0v) is 19.7. The fourth-order valence-electron chi connectivity index (χ4n) is 3.55. The van der Waals surface area contributed by atoms with Crippen LogP contribution in [0.4, 0.5) is 0 Å². The fourth-order valence-corrected chi connectivity index (χ4v) is 3.55. The molecule has 35 heavy (non-hydrogen) atoms. The van der Waals surface area contributed by atoms with Gasteiger partial charge in [0, 0.05) is 18.2 Å². The van der Waals surface area contributed by atoms with Crippen LogP contribution in [0.1, 0.15) is 50.3 Å². The lowest BCUT2D eigenvalue weighted by molar-refractivity contribution is -0.123. The van der Waals surface area contributed by atoms with Crippen molar-refractivity contribution in [1.82, 2.24) is 16.0 Å². The Labute approximate surface area is 203 Å². The number of carbonyl (C=O) groups is 4. The normalized spacial score (nSPS) is 16.9. The number of carbonyl (C=O) groups excluding carboxylic acids is 4. The van der Waals surface area contributed by atoms with Crippen LogP contribution in [0.15, 0.2) is 42.5 Å². The summed E-state index contributed by atoms with van der Waals surface area (Å²) in [6, 6.07) is 10.1. The summed E-state index contributed by atoms with van der Waals surface area (Å²) in [6.07, 6.45) is 1.61. The molecule has 0 saturated heterocycles. The van der Waals surface area contributed by atoms with Crippen molar-refractivity contribution in [3.63, 3.8) is 0 Å². The zero-order valence-electron chi connectivity index (χ0n) is 19.7. The predicted octanol–water partition coefficient (Wildman–Crippen LogP) is 1.69. The molecular formula is C25H29N3O7. The molecule has 10 heteroatoms. The van der Waals surface area contributed by atoms with Gasteiger partial charge in [-0.3, -0.25) is 14.4 Å². The number of ether oxygens (including phenoxy) is 3. The lowest BCUT2D eigenvalue weighted by atomic mass is 10.1. The molecule has 0 saturated carbocycles. The third-order valence-electron chi connectivity index (χ3n) is 5.49. The quantitative estimate of drug-likeness (QED) is 0.564. The molecule has 0 aromatic heterocycles. The van der Waals surface area contributed by atoms with Crippen LogP contribution in [0.2, 0.25) is 0 Å². The summed E-state index contributed by atoms with van der Waals surface area (Å²) >= 11 is 0. The summed E-state index contributed by atoms with van der Waals surface area (Å²) in [5.41, 5.74) is 1.02. The van der Waals surface area contributed by atoms with Gasteiger partial charge >= 0.3 is 5.97 Å². The van der Waals surface area contributed by atoms with E-state index < -0.39 is 17.9 Å². The van der Waals surface area contributed by atoms with E-state index in [-0.39, 0.29) is 25.0 Å². The highest BCUT2D eigenvalue weighted by molar-refractivity contribution is 5.99. The number of methoxy groups -OCH3 is 2. The van der Waals surface area contributed by atoms with Gasteiger partial charge in [-0.2, -0.15) is 0 Å². The Bertz CT molecular complexity index is 1070. The van der Waals surface area contributed by atoms with Gasteiger partial charge in [0.2, 0.25) is 5.91 Å². The first kappa shape index (κ1) is 25.5. The molecule has 0 aliphatic carbocycles. The van der Waals surface area contributed by atoms with Crippen LogP contribution in [0.3, 0.4) is 0 Å². The molecule has 1 atom stereocenters. The van der Waals surface area contributed by atoms with Crippen molar-refractivity contribution in [3.8, 4) is 11.5 Å². The molecule has 1 heterocycles. The Morgan fingerprint density at radius 3 is 2.43 bits per heavy atom. The fraction of sp³-hybridized carbons (Fsp3) is 0.360. The maximum atomic E-state index is 12.8. The average molecular weight is 484 g/mol. The number of hydrogen-bond acceptors (Lipinski definition) is 7. The lowest BCUT2D eigenvalue weighted by Gasteiger charge is -2.20. The van der Waals surface area contributed by atoms with Crippen molar-refractivity contribution in [3.05, 3.63) is 59.2 Å². The maximum absolute atomic E-state index is 12.8. The van der Waals surface area contributed by atoms with Crippen molar-refractivity contribution in [1.29, 1.82) is 0 Å². The van der Waals surface area contributed by atoms with Gasteiger partial charge in [0.05, 0.1) is 31.9 Å². The second kappa shape index (κ2) is 12.4. The maximum Gasteiger partial charge on any atom is 0.337 e. The van der Waals surface area contributed by atoms with Crippen molar-refractivity contribution < 1.29 is 33.4 Å². The van der Waals surface area contributed by atoms with Crippen LogP contribution in [-0.2, 0) is 9.53 Å². The molecule has 3 N–H and O–H groups in total. The minimum atomic E-state index is -0.770. The predicted molar refractivity (Wildman–Crippen MR) is 127 cm³/mol. The van der Waals surface area contributed by atoms with Gasteiger partial charge in [0.25, 0.3) is 11.8 Å². The Balaban J connectivity index is 1.66. The van der Waals surface area contributed by atoms with Crippen LogP contribution in [-0.4, -0.2) is 63.6 Å². The molecule has 186 valence electrons. The number of hydrogen-bond donors (Lipinski definition) is 3. The van der Waals surface area contributed by atoms with Gasteiger partial charge in [-0.15, -0.1) is 0 Å². The molecular weight excluding hydrogens is 454 g/mol. The highest BCUT2D eigenvalue weighted by Gasteiger charge is 2.22. The van der Waals surface area contributed by atoms with Crippen molar-refractivity contribution in [2.45, 2.75) is 25.3 Å². The minimum absolute atomic E-state index is 0.120. The molecule has 2 aromatic carbocycles. The van der Waals surface area contributed by atoms with Crippen LogP contribution in [0.5, 0.6) is 11.5 Å². The standard InChI is InChI=1S/C25H29N3O7/c1-33-18-10-11-19-21(15-18)35-14-13-27-24(31)20(5-3-4-12-26-23(19)30)28-22(29)16-6-8-17(9-7-16)25(32)34-2/h6-11,15,20H,3-5,12-14H2,1-2H3,(H,26,30)(H,27,31)(H,28,29)/t20-/m0/s1. The zero-order chi connectivity index (χ0) is 25.2. The van der Waals surface area contributed by atoms with Gasteiger partial charge in [-0.05, 0) is 55.7 Å². The molecule has 3 amide bonds. The summed E-state index contributed by atoms with van der Waals surface area (Å²) < 4.78 is 15.6. The number of benzene rings is 2. The average Bonchev–Trinajstić information content (AvgIpc) is 2.88. The first-order chi connectivity index (χ1) is 16.9. The number of amides is 3. The smallest absolute Gasteiger partial charge is 0.337 e. The summed E-state index contributed by atoms with van der Waals surface area (Å²) in [4.78, 5) is 49.7. The van der Waals surface area contributed by atoms with Crippen molar-refractivity contribution in [2.75, 3.05) is 33.9 Å². The van der Waals surface area contributed by atoms with Gasteiger partial charge in [0.15, 0.2) is 0 Å². The molecule has 2 aromatic rings. The van der Waals surface area contributed by atoms with Crippen molar-refractivity contribution in [2.24, 2.45) is 0 Å². The van der Waals surface area contributed by atoms with E-state index in [2.05, 4.69) is 20.7 Å². The summed E-state index contributed by atoms with van der Waals surface area (Å²) in [5.74, 6) is -0.632. The van der Waals surface area contributed by atoms with E-state index in [1.807, 2.05) is 0 Å². The third kappa shape index (κ3) is 6.95. The highest BCUT2D eigenvalue weighted by Crippen LogP contribution is 2.25. The number of esters is 1. The Morgan fingerprint density at radius 1 is 0.971 bits per heavy atom. The minimum Gasteiger partial charge on any atom is -0.497 e. The van der Waals surface area contributed by atoms with E-state index in [4.69, 9.17) is 9.47 Å². The number of rotatable bonds is 4. The molecule has 0 bridgehead atoms. The van der Waals surface area contributed by atoms with E-state index in [0.29, 0.717) is 54.0 Å². The lowest BCUT2D eigenvalue weighted by Crippen LogP contribution is -2.47. The van der Waals surface area contributed by atoms with Crippen LogP contribution < -0.4 is 25.4 Å². The van der Waals surface area contributed by atoms with Crippen LogP contribution in [0.25, 0.3) is 0 Å². The summed E-state index contributed by atoms with van der Waals surface area (Å²) in [7, 11) is 2.80. The van der Waals surface area contributed by atoms with Gasteiger partial charge in [-0.25, -0.2) is 4.79 Å². The van der Waals surface area contributed by atoms with Crippen LogP contribution in [0, 0.1) is 0 Å². The molecule has 0 radical (unpaired) electrons. The Kier molecular flexibility index (Phi) is 9.05. The first-order valence-corrected chi connectivity index (χ1v) is 11.3. The molecule has 1 aliphatic rings. The third-order valence-corrected chi connectivity index (χ3v) is 5.49. The molecule has 0 unspecified atom stereocenters.